The molecule has 168 valence electrons. The summed E-state index contributed by atoms with van der Waals surface area (Å²) in [5, 5.41) is 14.0. The van der Waals surface area contributed by atoms with Crippen LogP contribution in [0.4, 0.5) is 17.1 Å². The van der Waals surface area contributed by atoms with E-state index < -0.39 is 29.3 Å². The van der Waals surface area contributed by atoms with Crippen LogP contribution in [0.3, 0.4) is 0 Å². The van der Waals surface area contributed by atoms with Crippen LogP contribution in [0, 0.1) is 23.0 Å². The van der Waals surface area contributed by atoms with Crippen molar-refractivity contribution < 1.29 is 28.8 Å². The minimum Gasteiger partial charge on any atom is -0.494 e. The minimum absolute atomic E-state index is 0.00102. The van der Waals surface area contributed by atoms with E-state index in [9.17, 15) is 24.5 Å². The fourth-order valence-electron chi connectivity index (χ4n) is 3.22. The number of methoxy groups -OCH3 is 1. The van der Waals surface area contributed by atoms with E-state index >= 15 is 0 Å². The summed E-state index contributed by atoms with van der Waals surface area (Å²) in [5.74, 6) is -2.25. The van der Waals surface area contributed by atoms with Gasteiger partial charge in [-0.2, -0.15) is 0 Å². The van der Waals surface area contributed by atoms with E-state index in [1.54, 1.807) is 18.2 Å². The molecule has 0 saturated carbocycles. The number of nitrogens with one attached hydrogen (secondary N) is 1. The number of amides is 2. The summed E-state index contributed by atoms with van der Waals surface area (Å²) in [6, 6.07) is 8.85. The number of esters is 1. The van der Waals surface area contributed by atoms with Crippen LogP contribution in [-0.2, 0) is 19.1 Å². The first-order chi connectivity index (χ1) is 15.2. The van der Waals surface area contributed by atoms with Crippen LogP contribution in [0.15, 0.2) is 36.4 Å². The van der Waals surface area contributed by atoms with Crippen molar-refractivity contribution in [2.45, 2.75) is 13.3 Å². The van der Waals surface area contributed by atoms with Gasteiger partial charge in [0.15, 0.2) is 6.61 Å². The number of anilines is 2. The molecule has 1 aliphatic rings. The maximum absolute atomic E-state index is 12.5. The third kappa shape index (κ3) is 5.14. The number of nitro benzene ring substituents is 1. The van der Waals surface area contributed by atoms with Crippen LogP contribution >= 0.6 is 11.6 Å². The van der Waals surface area contributed by atoms with E-state index in [0.717, 1.165) is 5.56 Å². The van der Waals surface area contributed by atoms with Crippen LogP contribution < -0.4 is 15.0 Å². The number of rotatable bonds is 7. The summed E-state index contributed by atoms with van der Waals surface area (Å²) in [4.78, 5) is 48.6. The molecule has 32 heavy (non-hydrogen) atoms. The third-order valence-corrected chi connectivity index (χ3v) is 5.33. The van der Waals surface area contributed by atoms with Crippen molar-refractivity contribution in [2.24, 2.45) is 5.92 Å². The highest BCUT2D eigenvalue weighted by Crippen LogP contribution is 2.36. The Labute approximate surface area is 188 Å². The molecule has 2 amide bonds. The molecule has 2 aromatic rings. The predicted octanol–water partition coefficient (Wildman–Crippen LogP) is 3.10. The summed E-state index contributed by atoms with van der Waals surface area (Å²) in [7, 11) is 1.33. The van der Waals surface area contributed by atoms with Crippen LogP contribution in [0.1, 0.15) is 12.0 Å². The molecule has 11 heteroatoms. The summed E-state index contributed by atoms with van der Waals surface area (Å²) in [5.41, 5.74) is 1.45. The standard InChI is InChI=1S/C21H20ClN3O7/c1-12-3-4-14(8-16(12)22)23-19(26)11-32-21(28)13-7-20(27)24(10-13)17-6-5-15(25(29)30)9-18(17)31-2/h3-6,8-9,13H,7,10-11H2,1-2H3,(H,23,26)/t13-/m1/s1. The van der Waals surface area contributed by atoms with Crippen LogP contribution in [0.5, 0.6) is 5.75 Å². The average Bonchev–Trinajstić information content (AvgIpc) is 3.15. The number of nitrogens with zero attached hydrogens (tertiary/aromatic N) is 2. The number of carbonyl (C=O) groups is 3. The van der Waals surface area contributed by atoms with E-state index in [1.807, 2.05) is 6.92 Å². The zero-order valence-corrected chi connectivity index (χ0v) is 18.0. The number of ether oxygens (including phenoxy) is 2. The second-order valence-electron chi connectivity index (χ2n) is 7.14. The summed E-state index contributed by atoms with van der Waals surface area (Å²) < 4.78 is 10.2. The summed E-state index contributed by atoms with van der Waals surface area (Å²) in [6.07, 6.45) is -0.117. The van der Waals surface area contributed by atoms with Gasteiger partial charge in [0.25, 0.3) is 11.6 Å². The molecule has 1 aliphatic heterocycles. The van der Waals surface area contributed by atoms with Crippen molar-refractivity contribution in [3.8, 4) is 5.75 Å². The first-order valence-corrected chi connectivity index (χ1v) is 9.93. The van der Waals surface area contributed by atoms with E-state index in [1.165, 1.54) is 30.2 Å². The normalized spacial score (nSPS) is 15.4. The lowest BCUT2D eigenvalue weighted by atomic mass is 10.1. The number of halogens is 1. The number of nitro groups is 1. The smallest absolute Gasteiger partial charge is 0.311 e. The lowest BCUT2D eigenvalue weighted by Gasteiger charge is -2.19. The molecule has 0 radical (unpaired) electrons. The first kappa shape index (κ1) is 23.0. The Morgan fingerprint density at radius 3 is 2.69 bits per heavy atom. The number of aryl methyl sites for hydroxylation is 1. The van der Waals surface area contributed by atoms with Gasteiger partial charge in [0.05, 0.1) is 29.7 Å². The number of non-ortho nitro benzene ring substituents is 1. The van der Waals surface area contributed by atoms with Gasteiger partial charge >= 0.3 is 5.97 Å². The molecular weight excluding hydrogens is 442 g/mol. The lowest BCUT2D eigenvalue weighted by molar-refractivity contribution is -0.384. The van der Waals surface area contributed by atoms with Crippen molar-refractivity contribution in [2.75, 3.05) is 30.5 Å². The number of carbonyl (C=O) groups excluding carboxylic acids is 3. The van der Waals surface area contributed by atoms with Crippen LogP contribution in [0.2, 0.25) is 5.02 Å². The Morgan fingerprint density at radius 1 is 1.28 bits per heavy atom. The van der Waals surface area contributed by atoms with E-state index in [0.29, 0.717) is 16.4 Å². The molecule has 1 saturated heterocycles. The SMILES string of the molecule is COc1cc([N+](=O)[O-])ccc1N1C[C@H](C(=O)OCC(=O)Nc2ccc(C)c(Cl)c2)CC1=O. The van der Waals surface area contributed by atoms with Crippen LogP contribution in [-0.4, -0.2) is 43.0 Å². The molecule has 3 rings (SSSR count). The second kappa shape index (κ2) is 9.65. The Hall–Kier alpha value is -3.66. The van der Waals surface area contributed by atoms with E-state index in [-0.39, 0.29) is 30.3 Å². The molecule has 0 unspecified atom stereocenters. The fourth-order valence-corrected chi connectivity index (χ4v) is 3.40. The number of benzene rings is 2. The maximum atomic E-state index is 12.5. The predicted molar refractivity (Wildman–Crippen MR) is 116 cm³/mol. The summed E-state index contributed by atoms with van der Waals surface area (Å²) in [6.45, 7) is 1.31. The Bertz CT molecular complexity index is 1090. The molecule has 0 spiro atoms. The largest absolute Gasteiger partial charge is 0.494 e. The van der Waals surface area contributed by atoms with Gasteiger partial charge in [0.1, 0.15) is 5.75 Å². The highest BCUT2D eigenvalue weighted by atomic mass is 35.5. The lowest BCUT2D eigenvalue weighted by Crippen LogP contribution is -2.28. The third-order valence-electron chi connectivity index (χ3n) is 4.92. The topological polar surface area (TPSA) is 128 Å². The van der Waals surface area contributed by atoms with Crippen molar-refractivity contribution in [1.82, 2.24) is 0 Å². The molecule has 1 N–H and O–H groups in total. The second-order valence-corrected chi connectivity index (χ2v) is 7.55. The van der Waals surface area contributed by atoms with Gasteiger partial charge in [0.2, 0.25) is 5.91 Å². The fraction of sp³-hybridized carbons (Fsp3) is 0.286. The molecule has 1 fully saturated rings. The molecule has 2 aromatic carbocycles. The van der Waals surface area contributed by atoms with Gasteiger partial charge in [-0.15, -0.1) is 0 Å². The Kier molecular flexibility index (Phi) is 6.94. The van der Waals surface area contributed by atoms with Crippen molar-refractivity contribution in [1.29, 1.82) is 0 Å². The summed E-state index contributed by atoms with van der Waals surface area (Å²) >= 11 is 6.02. The van der Waals surface area contributed by atoms with E-state index in [2.05, 4.69) is 5.32 Å². The first-order valence-electron chi connectivity index (χ1n) is 9.55. The zero-order valence-electron chi connectivity index (χ0n) is 17.3. The quantitative estimate of drug-likeness (QED) is 0.381. The molecule has 0 aromatic heterocycles. The number of hydrogen-bond acceptors (Lipinski definition) is 7. The van der Waals surface area contributed by atoms with Crippen LogP contribution in [0.25, 0.3) is 0 Å². The van der Waals surface area contributed by atoms with Gasteiger partial charge in [-0.05, 0) is 30.7 Å². The molecule has 1 heterocycles. The van der Waals surface area contributed by atoms with Gasteiger partial charge < -0.3 is 19.7 Å². The van der Waals surface area contributed by atoms with Gasteiger partial charge in [-0.3, -0.25) is 24.5 Å². The maximum Gasteiger partial charge on any atom is 0.311 e. The number of hydrogen-bond donors (Lipinski definition) is 1. The van der Waals surface area contributed by atoms with E-state index in [4.69, 9.17) is 21.1 Å². The van der Waals surface area contributed by atoms with Crippen molar-refractivity contribution in [3.05, 3.63) is 57.1 Å². The van der Waals surface area contributed by atoms with Crippen molar-refractivity contribution in [3.63, 3.8) is 0 Å². The van der Waals surface area contributed by atoms with Gasteiger partial charge in [0, 0.05) is 29.7 Å². The monoisotopic (exact) mass is 461 g/mol. The molecule has 0 aliphatic carbocycles. The Balaban J connectivity index is 1.59. The van der Waals surface area contributed by atoms with Gasteiger partial charge in [-0.1, -0.05) is 17.7 Å². The highest BCUT2D eigenvalue weighted by Gasteiger charge is 2.37. The molecule has 10 nitrogen and oxygen atoms in total. The average molecular weight is 462 g/mol. The zero-order chi connectivity index (χ0) is 23.4. The minimum atomic E-state index is -0.788. The molecule has 0 bridgehead atoms. The molecular formula is C21H20ClN3O7. The van der Waals surface area contributed by atoms with Gasteiger partial charge in [-0.25, -0.2) is 0 Å². The molecule has 1 atom stereocenters. The highest BCUT2D eigenvalue weighted by molar-refractivity contribution is 6.31. The van der Waals surface area contributed by atoms with Crippen molar-refractivity contribution >= 4 is 46.4 Å². The Morgan fingerprint density at radius 2 is 2.03 bits per heavy atom.